The molecule has 0 aliphatic carbocycles. The highest BCUT2D eigenvalue weighted by molar-refractivity contribution is 5.25. The highest BCUT2D eigenvalue weighted by atomic mass is 16.5. The van der Waals surface area contributed by atoms with Crippen LogP contribution in [0.1, 0.15) is 31.7 Å². The molecule has 3 nitrogen and oxygen atoms in total. The lowest BCUT2D eigenvalue weighted by Gasteiger charge is -2.10. The first-order valence-electron chi connectivity index (χ1n) is 5.43. The predicted octanol–water partition coefficient (Wildman–Crippen LogP) is 2.18. The second-order valence-electron chi connectivity index (χ2n) is 3.65. The molecule has 0 fully saturated rings. The van der Waals surface area contributed by atoms with Crippen molar-refractivity contribution in [3.8, 4) is 5.88 Å². The van der Waals surface area contributed by atoms with Crippen LogP contribution in [0.5, 0.6) is 5.88 Å². The molecule has 0 aliphatic heterocycles. The van der Waals surface area contributed by atoms with Crippen molar-refractivity contribution in [2.45, 2.75) is 38.7 Å². The average Bonchev–Trinajstić information content (AvgIpc) is 2.27. The molecule has 0 aliphatic rings. The van der Waals surface area contributed by atoms with E-state index in [1.165, 1.54) is 0 Å². The number of hydrogen-bond acceptors (Lipinski definition) is 3. The Morgan fingerprint density at radius 3 is 2.93 bits per heavy atom. The van der Waals surface area contributed by atoms with Crippen LogP contribution >= 0.6 is 0 Å². The van der Waals surface area contributed by atoms with Gasteiger partial charge in [0.25, 0.3) is 0 Å². The lowest BCUT2D eigenvalue weighted by molar-refractivity contribution is 0.153. The molecule has 1 atom stereocenters. The highest BCUT2D eigenvalue weighted by Gasteiger charge is 2.07. The molecular formula is C12H19NO2. The number of aryl methyl sites for hydroxylation is 1. The Morgan fingerprint density at radius 2 is 2.27 bits per heavy atom. The van der Waals surface area contributed by atoms with Crippen molar-refractivity contribution in [1.29, 1.82) is 0 Å². The minimum atomic E-state index is -0.208. The number of aliphatic hydroxyl groups excluding tert-OH is 1. The molecule has 3 heteroatoms. The monoisotopic (exact) mass is 209 g/mol. The maximum atomic E-state index is 9.61. The van der Waals surface area contributed by atoms with Gasteiger partial charge in [-0.1, -0.05) is 19.4 Å². The molecule has 1 heterocycles. The summed E-state index contributed by atoms with van der Waals surface area (Å²) in [6.07, 6.45) is 4.98. The van der Waals surface area contributed by atoms with E-state index in [1.54, 1.807) is 13.3 Å². The van der Waals surface area contributed by atoms with E-state index in [-0.39, 0.29) is 6.10 Å². The quantitative estimate of drug-likeness (QED) is 0.781. The molecule has 0 amide bonds. The van der Waals surface area contributed by atoms with Crippen molar-refractivity contribution in [2.75, 3.05) is 7.11 Å². The van der Waals surface area contributed by atoms with Crippen LogP contribution in [-0.2, 0) is 6.42 Å². The van der Waals surface area contributed by atoms with Crippen molar-refractivity contribution >= 4 is 0 Å². The zero-order valence-electron chi connectivity index (χ0n) is 9.44. The summed E-state index contributed by atoms with van der Waals surface area (Å²) in [7, 11) is 1.62. The standard InChI is InChI=1S/C12H19NO2/c1-3-5-11(14)8-7-10-6-4-9-13-12(10)15-2/h4,6,9,11,14H,3,5,7-8H2,1-2H3. The van der Waals surface area contributed by atoms with Crippen LogP contribution in [0.15, 0.2) is 18.3 Å². The molecule has 0 saturated heterocycles. The number of aromatic nitrogens is 1. The van der Waals surface area contributed by atoms with E-state index >= 15 is 0 Å². The largest absolute Gasteiger partial charge is 0.481 e. The molecule has 0 radical (unpaired) electrons. The Bertz CT molecular complexity index is 289. The molecule has 1 unspecified atom stereocenters. The number of ether oxygens (including phenoxy) is 1. The number of pyridine rings is 1. The van der Waals surface area contributed by atoms with Gasteiger partial charge in [-0.05, 0) is 25.3 Å². The summed E-state index contributed by atoms with van der Waals surface area (Å²) in [5.74, 6) is 0.668. The van der Waals surface area contributed by atoms with Crippen LogP contribution in [0, 0.1) is 0 Å². The zero-order chi connectivity index (χ0) is 11.1. The molecule has 1 N–H and O–H groups in total. The van der Waals surface area contributed by atoms with Gasteiger partial charge in [0.2, 0.25) is 5.88 Å². The first kappa shape index (κ1) is 12.0. The lowest BCUT2D eigenvalue weighted by atomic mass is 10.1. The van der Waals surface area contributed by atoms with E-state index in [2.05, 4.69) is 11.9 Å². The highest BCUT2D eigenvalue weighted by Crippen LogP contribution is 2.17. The van der Waals surface area contributed by atoms with Gasteiger partial charge in [-0.25, -0.2) is 4.98 Å². The van der Waals surface area contributed by atoms with Gasteiger partial charge in [0.1, 0.15) is 0 Å². The molecule has 1 aromatic rings. The Balaban J connectivity index is 2.49. The zero-order valence-corrected chi connectivity index (χ0v) is 9.44. The van der Waals surface area contributed by atoms with E-state index in [0.29, 0.717) is 5.88 Å². The summed E-state index contributed by atoms with van der Waals surface area (Å²) in [5.41, 5.74) is 1.06. The molecule has 84 valence electrons. The maximum absolute atomic E-state index is 9.61. The van der Waals surface area contributed by atoms with Crippen molar-refractivity contribution in [3.63, 3.8) is 0 Å². The summed E-state index contributed by atoms with van der Waals surface area (Å²) in [6.45, 7) is 2.08. The predicted molar refractivity (Wildman–Crippen MR) is 60.0 cm³/mol. The van der Waals surface area contributed by atoms with Crippen molar-refractivity contribution in [2.24, 2.45) is 0 Å². The van der Waals surface area contributed by atoms with Gasteiger partial charge in [-0.2, -0.15) is 0 Å². The van der Waals surface area contributed by atoms with Crippen molar-refractivity contribution in [1.82, 2.24) is 4.98 Å². The summed E-state index contributed by atoms with van der Waals surface area (Å²) in [4.78, 5) is 4.12. The Hall–Kier alpha value is -1.09. The molecule has 1 rings (SSSR count). The average molecular weight is 209 g/mol. The Morgan fingerprint density at radius 1 is 1.47 bits per heavy atom. The second kappa shape index (κ2) is 6.40. The van der Waals surface area contributed by atoms with Crippen LogP contribution < -0.4 is 4.74 Å². The first-order chi connectivity index (χ1) is 7.27. The number of rotatable bonds is 6. The fraction of sp³-hybridized carbons (Fsp3) is 0.583. The van der Waals surface area contributed by atoms with Crippen LogP contribution in [0.4, 0.5) is 0 Å². The third-order valence-electron chi connectivity index (χ3n) is 2.41. The van der Waals surface area contributed by atoms with Crippen molar-refractivity contribution in [3.05, 3.63) is 23.9 Å². The fourth-order valence-corrected chi connectivity index (χ4v) is 1.60. The molecule has 0 bridgehead atoms. The van der Waals surface area contributed by atoms with E-state index in [1.807, 2.05) is 12.1 Å². The van der Waals surface area contributed by atoms with Crippen LogP contribution in [0.3, 0.4) is 0 Å². The van der Waals surface area contributed by atoms with Gasteiger partial charge in [-0.15, -0.1) is 0 Å². The maximum Gasteiger partial charge on any atom is 0.216 e. The van der Waals surface area contributed by atoms with Gasteiger partial charge < -0.3 is 9.84 Å². The number of aliphatic hydroxyl groups is 1. The lowest BCUT2D eigenvalue weighted by Crippen LogP contribution is -2.07. The Kier molecular flexibility index (Phi) is 5.12. The van der Waals surface area contributed by atoms with Crippen LogP contribution in [0.25, 0.3) is 0 Å². The van der Waals surface area contributed by atoms with Gasteiger partial charge in [0, 0.05) is 11.8 Å². The molecule has 0 saturated carbocycles. The fourth-order valence-electron chi connectivity index (χ4n) is 1.60. The normalized spacial score (nSPS) is 12.5. The summed E-state index contributed by atoms with van der Waals surface area (Å²) in [5, 5.41) is 9.61. The van der Waals surface area contributed by atoms with Crippen LogP contribution in [-0.4, -0.2) is 23.3 Å². The summed E-state index contributed by atoms with van der Waals surface area (Å²) in [6, 6.07) is 3.88. The third-order valence-corrected chi connectivity index (χ3v) is 2.41. The number of hydrogen-bond donors (Lipinski definition) is 1. The third kappa shape index (κ3) is 3.88. The molecule has 15 heavy (non-hydrogen) atoms. The van der Waals surface area contributed by atoms with E-state index in [4.69, 9.17) is 4.74 Å². The minimum absolute atomic E-state index is 0.208. The molecule has 0 spiro atoms. The van der Waals surface area contributed by atoms with Gasteiger partial charge in [-0.3, -0.25) is 0 Å². The van der Waals surface area contributed by atoms with Gasteiger partial charge in [0.15, 0.2) is 0 Å². The molecular weight excluding hydrogens is 190 g/mol. The number of nitrogens with zero attached hydrogens (tertiary/aromatic N) is 1. The minimum Gasteiger partial charge on any atom is -0.481 e. The van der Waals surface area contributed by atoms with E-state index in [0.717, 1.165) is 31.2 Å². The summed E-state index contributed by atoms with van der Waals surface area (Å²) < 4.78 is 5.14. The smallest absolute Gasteiger partial charge is 0.216 e. The van der Waals surface area contributed by atoms with Gasteiger partial charge >= 0.3 is 0 Å². The number of methoxy groups -OCH3 is 1. The Labute approximate surface area is 91.1 Å². The topological polar surface area (TPSA) is 42.4 Å². The molecule has 1 aromatic heterocycles. The van der Waals surface area contributed by atoms with Gasteiger partial charge in [0.05, 0.1) is 13.2 Å². The van der Waals surface area contributed by atoms with E-state index in [9.17, 15) is 5.11 Å². The first-order valence-corrected chi connectivity index (χ1v) is 5.43. The second-order valence-corrected chi connectivity index (χ2v) is 3.65. The van der Waals surface area contributed by atoms with Crippen molar-refractivity contribution < 1.29 is 9.84 Å². The molecule has 0 aromatic carbocycles. The van der Waals surface area contributed by atoms with Crippen LogP contribution in [0.2, 0.25) is 0 Å². The summed E-state index contributed by atoms with van der Waals surface area (Å²) >= 11 is 0. The SMILES string of the molecule is CCCC(O)CCc1cccnc1OC. The van der Waals surface area contributed by atoms with E-state index < -0.39 is 0 Å².